The molecule has 1 aromatic carbocycles. The van der Waals surface area contributed by atoms with Gasteiger partial charge in [-0.15, -0.1) is 0 Å². The number of aryl methyl sites for hydroxylation is 1. The van der Waals surface area contributed by atoms with Gasteiger partial charge in [0.15, 0.2) is 6.61 Å². The van der Waals surface area contributed by atoms with Gasteiger partial charge < -0.3 is 9.84 Å². The molecular formula is C18H25N3O3. The van der Waals surface area contributed by atoms with Crippen LogP contribution in [0.25, 0.3) is 0 Å². The lowest BCUT2D eigenvalue weighted by Gasteiger charge is -2.24. The zero-order valence-electron chi connectivity index (χ0n) is 14.5. The number of rotatable bonds is 9. The highest BCUT2D eigenvalue weighted by atomic mass is 16.5. The molecule has 0 amide bonds. The zero-order chi connectivity index (χ0) is 17.5. The summed E-state index contributed by atoms with van der Waals surface area (Å²) in [5, 5.41) is 13.0. The van der Waals surface area contributed by atoms with Crippen LogP contribution in [0.1, 0.15) is 25.0 Å². The number of carbonyl (C=O) groups is 1. The first-order valence-electron chi connectivity index (χ1n) is 8.06. The van der Waals surface area contributed by atoms with Crippen LogP contribution < -0.4 is 4.74 Å². The third-order valence-electron chi connectivity index (χ3n) is 3.51. The number of carboxylic acid groups (broad SMARTS) is 1. The largest absolute Gasteiger partial charge is 0.482 e. The Kier molecular flexibility index (Phi) is 6.37. The van der Waals surface area contributed by atoms with Crippen molar-refractivity contribution < 1.29 is 14.6 Å². The van der Waals surface area contributed by atoms with Crippen molar-refractivity contribution in [1.82, 2.24) is 14.7 Å². The molecule has 0 saturated heterocycles. The second-order valence-electron chi connectivity index (χ2n) is 6.38. The molecule has 0 aliphatic carbocycles. The van der Waals surface area contributed by atoms with E-state index in [1.165, 1.54) is 0 Å². The van der Waals surface area contributed by atoms with E-state index < -0.39 is 5.97 Å². The number of hydrogen-bond donors (Lipinski definition) is 1. The molecule has 0 radical (unpaired) electrons. The summed E-state index contributed by atoms with van der Waals surface area (Å²) in [5.74, 6) is 0.174. The lowest BCUT2D eigenvalue weighted by Crippen LogP contribution is -2.27. The fourth-order valence-corrected chi connectivity index (χ4v) is 2.67. The van der Waals surface area contributed by atoms with E-state index in [0.29, 0.717) is 18.2 Å². The van der Waals surface area contributed by atoms with Crippen molar-refractivity contribution in [1.29, 1.82) is 0 Å². The van der Waals surface area contributed by atoms with Crippen molar-refractivity contribution in [3.05, 3.63) is 47.8 Å². The fraction of sp³-hybridized carbons (Fsp3) is 0.444. The maximum absolute atomic E-state index is 10.8. The Balaban J connectivity index is 2.12. The average molecular weight is 331 g/mol. The summed E-state index contributed by atoms with van der Waals surface area (Å²) in [5.41, 5.74) is 2.14. The fourth-order valence-electron chi connectivity index (χ4n) is 2.67. The van der Waals surface area contributed by atoms with Crippen LogP contribution in [0.2, 0.25) is 0 Å². The molecule has 0 unspecified atom stereocenters. The molecule has 0 fully saturated rings. The number of hydrogen-bond acceptors (Lipinski definition) is 4. The molecule has 2 rings (SSSR count). The van der Waals surface area contributed by atoms with Gasteiger partial charge in [-0.05, 0) is 12.0 Å². The number of aromatic nitrogens is 2. The van der Waals surface area contributed by atoms with Crippen LogP contribution in [0.15, 0.2) is 36.7 Å². The van der Waals surface area contributed by atoms with Gasteiger partial charge in [-0.1, -0.05) is 32.0 Å². The van der Waals surface area contributed by atoms with Crippen molar-refractivity contribution in [2.24, 2.45) is 13.0 Å². The quantitative estimate of drug-likeness (QED) is 0.765. The SMILES string of the molecule is CC(C)CN(Cc1cnn(C)c1)Cc1ccccc1OCC(=O)O. The highest BCUT2D eigenvalue weighted by Crippen LogP contribution is 2.21. The Labute approximate surface area is 142 Å². The molecule has 1 aromatic heterocycles. The molecule has 0 atom stereocenters. The maximum Gasteiger partial charge on any atom is 0.341 e. The van der Waals surface area contributed by atoms with E-state index in [2.05, 4.69) is 23.8 Å². The van der Waals surface area contributed by atoms with Gasteiger partial charge in [-0.2, -0.15) is 5.10 Å². The van der Waals surface area contributed by atoms with Crippen LogP contribution in [0, 0.1) is 5.92 Å². The standard InChI is InChI=1S/C18H25N3O3/c1-14(2)9-21(11-15-8-19-20(3)10-15)12-16-6-4-5-7-17(16)24-13-18(22)23/h4-8,10,14H,9,11-13H2,1-3H3,(H,22,23). The molecule has 0 aliphatic heterocycles. The van der Waals surface area contributed by atoms with Crippen LogP contribution >= 0.6 is 0 Å². The topological polar surface area (TPSA) is 67.6 Å². The van der Waals surface area contributed by atoms with Crippen LogP contribution in [-0.4, -0.2) is 38.9 Å². The zero-order valence-corrected chi connectivity index (χ0v) is 14.5. The highest BCUT2D eigenvalue weighted by molar-refractivity contribution is 5.68. The second kappa shape index (κ2) is 8.49. The average Bonchev–Trinajstić information content (AvgIpc) is 2.90. The summed E-state index contributed by atoms with van der Waals surface area (Å²) in [6, 6.07) is 7.60. The van der Waals surface area contributed by atoms with Crippen molar-refractivity contribution in [3.8, 4) is 5.75 Å². The third kappa shape index (κ3) is 5.70. The Hall–Kier alpha value is -2.34. The molecule has 1 heterocycles. The summed E-state index contributed by atoms with van der Waals surface area (Å²) < 4.78 is 7.21. The molecule has 24 heavy (non-hydrogen) atoms. The van der Waals surface area contributed by atoms with Crippen molar-refractivity contribution in [2.75, 3.05) is 13.2 Å². The van der Waals surface area contributed by atoms with Crippen LogP contribution in [0.4, 0.5) is 0 Å². The number of aliphatic carboxylic acids is 1. The second-order valence-corrected chi connectivity index (χ2v) is 6.38. The van der Waals surface area contributed by atoms with Crippen molar-refractivity contribution in [2.45, 2.75) is 26.9 Å². The first-order chi connectivity index (χ1) is 11.4. The molecule has 1 N–H and O–H groups in total. The molecule has 130 valence electrons. The lowest BCUT2D eigenvalue weighted by atomic mass is 10.1. The van der Waals surface area contributed by atoms with Gasteiger partial charge in [0.1, 0.15) is 5.75 Å². The Morgan fingerprint density at radius 2 is 2.08 bits per heavy atom. The molecular weight excluding hydrogens is 306 g/mol. The minimum absolute atomic E-state index is 0.330. The number of carboxylic acids is 1. The molecule has 6 heteroatoms. The summed E-state index contributed by atoms with van der Waals surface area (Å²) in [4.78, 5) is 13.1. The van der Waals surface area contributed by atoms with Gasteiger partial charge in [-0.25, -0.2) is 4.79 Å². The lowest BCUT2D eigenvalue weighted by molar-refractivity contribution is -0.139. The van der Waals surface area contributed by atoms with Crippen molar-refractivity contribution >= 4 is 5.97 Å². The smallest absolute Gasteiger partial charge is 0.341 e. The first-order valence-corrected chi connectivity index (χ1v) is 8.06. The van der Waals surface area contributed by atoms with E-state index in [0.717, 1.165) is 24.2 Å². The van der Waals surface area contributed by atoms with Crippen LogP contribution in [-0.2, 0) is 24.9 Å². The van der Waals surface area contributed by atoms with Gasteiger partial charge in [0.25, 0.3) is 0 Å². The molecule has 6 nitrogen and oxygen atoms in total. The van der Waals surface area contributed by atoms with Gasteiger partial charge in [-0.3, -0.25) is 9.58 Å². The van der Waals surface area contributed by atoms with Gasteiger partial charge in [0.2, 0.25) is 0 Å². The summed E-state index contributed by atoms with van der Waals surface area (Å²) in [6.45, 7) is 6.46. The minimum Gasteiger partial charge on any atom is -0.482 e. The molecule has 0 saturated carbocycles. The molecule has 2 aromatic rings. The Morgan fingerprint density at radius 3 is 2.71 bits per heavy atom. The number of para-hydroxylation sites is 1. The summed E-state index contributed by atoms with van der Waals surface area (Å²) in [7, 11) is 1.91. The van der Waals surface area contributed by atoms with Gasteiger partial charge in [0.05, 0.1) is 6.20 Å². The predicted molar refractivity (Wildman–Crippen MR) is 91.7 cm³/mol. The summed E-state index contributed by atoms with van der Waals surface area (Å²) >= 11 is 0. The van der Waals surface area contributed by atoms with E-state index in [4.69, 9.17) is 9.84 Å². The highest BCUT2D eigenvalue weighted by Gasteiger charge is 2.13. The van der Waals surface area contributed by atoms with E-state index >= 15 is 0 Å². The van der Waals surface area contributed by atoms with Crippen molar-refractivity contribution in [3.63, 3.8) is 0 Å². The number of nitrogens with zero attached hydrogens (tertiary/aromatic N) is 3. The van der Waals surface area contributed by atoms with E-state index in [1.807, 2.05) is 43.7 Å². The number of ether oxygens (including phenoxy) is 1. The monoisotopic (exact) mass is 331 g/mol. The van der Waals surface area contributed by atoms with E-state index in [-0.39, 0.29) is 6.61 Å². The van der Waals surface area contributed by atoms with Crippen LogP contribution in [0.5, 0.6) is 5.75 Å². The Morgan fingerprint density at radius 1 is 1.33 bits per heavy atom. The molecule has 0 bridgehead atoms. The van der Waals surface area contributed by atoms with Crippen LogP contribution in [0.3, 0.4) is 0 Å². The Bertz CT molecular complexity index is 667. The third-order valence-corrected chi connectivity index (χ3v) is 3.51. The normalized spacial score (nSPS) is 11.2. The van der Waals surface area contributed by atoms with E-state index in [1.54, 1.807) is 4.68 Å². The summed E-state index contributed by atoms with van der Waals surface area (Å²) in [6.07, 6.45) is 3.89. The van der Waals surface area contributed by atoms with Gasteiger partial charge >= 0.3 is 5.97 Å². The molecule has 0 spiro atoms. The van der Waals surface area contributed by atoms with E-state index in [9.17, 15) is 4.79 Å². The predicted octanol–water partition coefficient (Wildman–Crippen LogP) is 2.54. The minimum atomic E-state index is -0.973. The number of benzene rings is 1. The first kappa shape index (κ1) is 18.0. The van der Waals surface area contributed by atoms with Gasteiger partial charge in [0, 0.05) is 44.0 Å². The maximum atomic E-state index is 10.8. The molecule has 0 aliphatic rings.